The Hall–Kier alpha value is -2.59. The molecule has 1 heterocycles. The molecule has 0 saturated heterocycles. The standard InChI is InChI=1S/C17H13ClN2O2/c1-22-17(21)15-9-12(10-5-2-3-7-13(10)18)11-6-4-8-14(19)16(11)20-15/h2-9H,19H2,1H3. The summed E-state index contributed by atoms with van der Waals surface area (Å²) in [5.74, 6) is -0.515. The van der Waals surface area contributed by atoms with E-state index in [0.29, 0.717) is 16.2 Å². The average molecular weight is 313 g/mol. The number of hydrogen-bond donors (Lipinski definition) is 1. The lowest BCUT2D eigenvalue weighted by Gasteiger charge is -2.11. The smallest absolute Gasteiger partial charge is 0.356 e. The molecular weight excluding hydrogens is 300 g/mol. The second-order valence-electron chi connectivity index (χ2n) is 4.77. The molecule has 0 saturated carbocycles. The Morgan fingerprint density at radius 2 is 1.91 bits per heavy atom. The number of pyridine rings is 1. The summed E-state index contributed by atoms with van der Waals surface area (Å²) >= 11 is 6.30. The van der Waals surface area contributed by atoms with E-state index in [1.165, 1.54) is 7.11 Å². The Morgan fingerprint density at radius 3 is 2.64 bits per heavy atom. The number of nitrogen functional groups attached to an aromatic ring is 1. The van der Waals surface area contributed by atoms with Gasteiger partial charge in [-0.25, -0.2) is 9.78 Å². The highest BCUT2D eigenvalue weighted by molar-refractivity contribution is 6.33. The van der Waals surface area contributed by atoms with Gasteiger partial charge in [0.05, 0.1) is 18.3 Å². The van der Waals surface area contributed by atoms with Crippen LogP contribution in [0.1, 0.15) is 10.5 Å². The molecule has 5 heteroatoms. The van der Waals surface area contributed by atoms with Gasteiger partial charge in [-0.05, 0) is 23.8 Å². The van der Waals surface area contributed by atoms with E-state index in [1.807, 2.05) is 30.3 Å². The molecular formula is C17H13ClN2O2. The lowest BCUT2D eigenvalue weighted by atomic mass is 9.99. The Balaban J connectivity index is 2.39. The number of carbonyl (C=O) groups excluding carboxylic acids is 1. The van der Waals surface area contributed by atoms with Crippen LogP contribution in [0.3, 0.4) is 0 Å². The van der Waals surface area contributed by atoms with Crippen molar-refractivity contribution in [1.82, 2.24) is 4.98 Å². The van der Waals surface area contributed by atoms with Gasteiger partial charge in [0, 0.05) is 16.0 Å². The third-order valence-electron chi connectivity index (χ3n) is 3.43. The Labute approximate surface area is 132 Å². The van der Waals surface area contributed by atoms with Crippen molar-refractivity contribution in [2.75, 3.05) is 12.8 Å². The van der Waals surface area contributed by atoms with Gasteiger partial charge < -0.3 is 10.5 Å². The SMILES string of the molecule is COC(=O)c1cc(-c2ccccc2Cl)c2cccc(N)c2n1. The number of nitrogens with two attached hydrogens (primary N) is 1. The molecule has 4 nitrogen and oxygen atoms in total. The molecule has 0 atom stereocenters. The minimum atomic E-state index is -0.515. The molecule has 2 aromatic carbocycles. The van der Waals surface area contributed by atoms with E-state index < -0.39 is 5.97 Å². The zero-order valence-electron chi connectivity index (χ0n) is 11.8. The number of ether oxygens (including phenoxy) is 1. The highest BCUT2D eigenvalue weighted by atomic mass is 35.5. The van der Waals surface area contributed by atoms with Crippen molar-refractivity contribution in [2.45, 2.75) is 0 Å². The van der Waals surface area contributed by atoms with Crippen molar-refractivity contribution in [3.8, 4) is 11.1 Å². The van der Waals surface area contributed by atoms with E-state index in [1.54, 1.807) is 18.2 Å². The monoisotopic (exact) mass is 312 g/mol. The van der Waals surface area contributed by atoms with Crippen LogP contribution in [0.4, 0.5) is 5.69 Å². The zero-order valence-corrected chi connectivity index (χ0v) is 12.6. The molecule has 110 valence electrons. The molecule has 3 aromatic rings. The number of esters is 1. The first-order valence-corrected chi connectivity index (χ1v) is 7.02. The number of benzene rings is 2. The maximum Gasteiger partial charge on any atom is 0.356 e. The molecule has 22 heavy (non-hydrogen) atoms. The molecule has 0 aliphatic carbocycles. The summed E-state index contributed by atoms with van der Waals surface area (Å²) in [6.45, 7) is 0. The van der Waals surface area contributed by atoms with Gasteiger partial charge in [0.15, 0.2) is 0 Å². The van der Waals surface area contributed by atoms with Gasteiger partial charge in [0.25, 0.3) is 0 Å². The molecule has 2 N–H and O–H groups in total. The van der Waals surface area contributed by atoms with Crippen LogP contribution < -0.4 is 5.73 Å². The summed E-state index contributed by atoms with van der Waals surface area (Å²) in [6, 6.07) is 14.6. The second kappa shape index (κ2) is 5.66. The predicted octanol–water partition coefficient (Wildman–Crippen LogP) is 3.92. The van der Waals surface area contributed by atoms with Gasteiger partial charge in [0.2, 0.25) is 0 Å². The van der Waals surface area contributed by atoms with Crippen LogP contribution in [0.2, 0.25) is 5.02 Å². The van der Waals surface area contributed by atoms with Crippen LogP contribution in [0, 0.1) is 0 Å². The van der Waals surface area contributed by atoms with E-state index in [2.05, 4.69) is 4.98 Å². The summed E-state index contributed by atoms with van der Waals surface area (Å²) in [5, 5.41) is 1.42. The highest BCUT2D eigenvalue weighted by Crippen LogP contribution is 2.35. The van der Waals surface area contributed by atoms with Gasteiger partial charge in [0.1, 0.15) is 5.69 Å². The molecule has 0 aliphatic heterocycles. The number of methoxy groups -OCH3 is 1. The molecule has 0 bridgehead atoms. The fourth-order valence-electron chi connectivity index (χ4n) is 2.38. The normalized spacial score (nSPS) is 10.6. The van der Waals surface area contributed by atoms with Crippen molar-refractivity contribution >= 4 is 34.2 Å². The van der Waals surface area contributed by atoms with E-state index >= 15 is 0 Å². The molecule has 0 unspecified atom stereocenters. The largest absolute Gasteiger partial charge is 0.464 e. The van der Waals surface area contributed by atoms with Crippen LogP contribution >= 0.6 is 11.6 Å². The summed E-state index contributed by atoms with van der Waals surface area (Å²) in [4.78, 5) is 16.2. The molecule has 0 fully saturated rings. The summed E-state index contributed by atoms with van der Waals surface area (Å²) in [7, 11) is 1.32. The van der Waals surface area contributed by atoms with Crippen molar-refractivity contribution in [2.24, 2.45) is 0 Å². The fourth-order valence-corrected chi connectivity index (χ4v) is 2.62. The lowest BCUT2D eigenvalue weighted by Crippen LogP contribution is -2.06. The molecule has 3 rings (SSSR count). The van der Waals surface area contributed by atoms with E-state index in [9.17, 15) is 4.79 Å². The number of rotatable bonds is 2. The van der Waals surface area contributed by atoms with E-state index in [4.69, 9.17) is 22.1 Å². The summed E-state index contributed by atoms with van der Waals surface area (Å²) in [5.41, 5.74) is 8.86. The molecule has 0 radical (unpaired) electrons. The van der Waals surface area contributed by atoms with Crippen LogP contribution in [0.25, 0.3) is 22.0 Å². The van der Waals surface area contributed by atoms with Crippen LogP contribution in [-0.2, 0) is 4.74 Å². The van der Waals surface area contributed by atoms with Crippen molar-refractivity contribution in [3.63, 3.8) is 0 Å². The zero-order chi connectivity index (χ0) is 15.7. The Kier molecular flexibility index (Phi) is 3.69. The Morgan fingerprint density at radius 1 is 1.14 bits per heavy atom. The van der Waals surface area contributed by atoms with E-state index in [0.717, 1.165) is 16.5 Å². The van der Waals surface area contributed by atoms with Crippen molar-refractivity contribution in [3.05, 3.63) is 59.2 Å². The topological polar surface area (TPSA) is 65.2 Å². The Bertz CT molecular complexity index is 878. The third kappa shape index (κ3) is 2.38. The number of carbonyl (C=O) groups is 1. The fraction of sp³-hybridized carbons (Fsp3) is 0.0588. The minimum absolute atomic E-state index is 0.197. The minimum Gasteiger partial charge on any atom is -0.464 e. The molecule has 0 spiro atoms. The third-order valence-corrected chi connectivity index (χ3v) is 3.76. The number of para-hydroxylation sites is 1. The van der Waals surface area contributed by atoms with Crippen molar-refractivity contribution < 1.29 is 9.53 Å². The first-order valence-electron chi connectivity index (χ1n) is 6.64. The first-order chi connectivity index (χ1) is 10.6. The van der Waals surface area contributed by atoms with Gasteiger partial charge in [-0.15, -0.1) is 0 Å². The average Bonchev–Trinajstić information content (AvgIpc) is 2.54. The van der Waals surface area contributed by atoms with Gasteiger partial charge in [-0.1, -0.05) is 41.9 Å². The van der Waals surface area contributed by atoms with E-state index in [-0.39, 0.29) is 5.69 Å². The second-order valence-corrected chi connectivity index (χ2v) is 5.18. The number of anilines is 1. The summed E-state index contributed by atoms with van der Waals surface area (Å²) < 4.78 is 4.77. The molecule has 1 aromatic heterocycles. The lowest BCUT2D eigenvalue weighted by molar-refractivity contribution is 0.0594. The number of nitrogens with zero attached hydrogens (tertiary/aromatic N) is 1. The van der Waals surface area contributed by atoms with Crippen LogP contribution in [0.5, 0.6) is 0 Å². The maximum atomic E-state index is 11.9. The number of aromatic nitrogens is 1. The number of hydrogen-bond acceptors (Lipinski definition) is 4. The highest BCUT2D eigenvalue weighted by Gasteiger charge is 2.16. The number of halogens is 1. The summed E-state index contributed by atoms with van der Waals surface area (Å²) in [6.07, 6.45) is 0. The molecule has 0 amide bonds. The van der Waals surface area contributed by atoms with Crippen molar-refractivity contribution in [1.29, 1.82) is 0 Å². The van der Waals surface area contributed by atoms with Gasteiger partial charge in [-0.2, -0.15) is 0 Å². The maximum absolute atomic E-state index is 11.9. The van der Waals surface area contributed by atoms with Crippen LogP contribution in [0.15, 0.2) is 48.5 Å². The molecule has 0 aliphatic rings. The number of fused-ring (bicyclic) bond motifs is 1. The quantitative estimate of drug-likeness (QED) is 0.575. The van der Waals surface area contributed by atoms with Gasteiger partial charge in [-0.3, -0.25) is 0 Å². The first kappa shape index (κ1) is 14.4. The van der Waals surface area contributed by atoms with Crippen LogP contribution in [-0.4, -0.2) is 18.1 Å². The predicted molar refractivity (Wildman–Crippen MR) is 87.9 cm³/mol. The van der Waals surface area contributed by atoms with Gasteiger partial charge >= 0.3 is 5.97 Å².